The van der Waals surface area contributed by atoms with Crippen molar-refractivity contribution in [3.63, 3.8) is 0 Å². The Balaban J connectivity index is 1.48. The minimum Gasteiger partial charge on any atom is -0.462 e. The molecule has 0 aliphatic carbocycles. The molecule has 0 fully saturated rings. The van der Waals surface area contributed by atoms with E-state index in [2.05, 4.69) is 9.71 Å². The summed E-state index contributed by atoms with van der Waals surface area (Å²) in [4.78, 5) is 26.6. The number of thiophene rings is 1. The van der Waals surface area contributed by atoms with E-state index in [9.17, 15) is 18.0 Å². The van der Waals surface area contributed by atoms with E-state index in [1.165, 1.54) is 22.3 Å². The molecule has 160 valence electrons. The van der Waals surface area contributed by atoms with Crippen molar-refractivity contribution < 1.29 is 22.7 Å². The SMILES string of the molecule is CCOC(=O)c1cc2cc(NC(=O)CN(C)C3=NS(=O)(=O)c4ccccc43)ccc2s1. The number of nitrogens with zero attached hydrogens (tertiary/aromatic N) is 2. The second-order valence-electron chi connectivity index (χ2n) is 6.87. The minimum atomic E-state index is -3.75. The third kappa shape index (κ3) is 4.17. The van der Waals surface area contributed by atoms with Crippen LogP contribution in [0.4, 0.5) is 5.69 Å². The molecule has 0 saturated heterocycles. The number of nitrogens with one attached hydrogen (secondary N) is 1. The lowest BCUT2D eigenvalue weighted by Crippen LogP contribution is -2.34. The van der Waals surface area contributed by atoms with Crippen LogP contribution >= 0.6 is 11.3 Å². The summed E-state index contributed by atoms with van der Waals surface area (Å²) < 4.78 is 34.2. The number of carbonyl (C=O) groups is 2. The highest BCUT2D eigenvalue weighted by atomic mass is 32.2. The van der Waals surface area contributed by atoms with E-state index < -0.39 is 10.0 Å². The summed E-state index contributed by atoms with van der Waals surface area (Å²) in [6, 6.07) is 13.6. The number of sulfonamides is 1. The molecule has 1 aromatic heterocycles. The predicted octanol–water partition coefficient (Wildman–Crippen LogP) is 3.10. The Bertz CT molecular complexity index is 1330. The first-order chi connectivity index (χ1) is 14.8. The maximum atomic E-state index is 12.6. The van der Waals surface area contributed by atoms with Crippen LogP contribution in [0.5, 0.6) is 0 Å². The molecule has 8 nitrogen and oxygen atoms in total. The van der Waals surface area contributed by atoms with Gasteiger partial charge in [0.15, 0.2) is 5.84 Å². The van der Waals surface area contributed by atoms with Crippen LogP contribution in [0.3, 0.4) is 0 Å². The van der Waals surface area contributed by atoms with Crippen LogP contribution in [0.2, 0.25) is 0 Å². The number of carbonyl (C=O) groups excluding carboxylic acids is 2. The summed E-state index contributed by atoms with van der Waals surface area (Å²) in [5.41, 5.74) is 1.05. The monoisotopic (exact) mass is 457 g/mol. The maximum absolute atomic E-state index is 12.6. The van der Waals surface area contributed by atoms with Crippen molar-refractivity contribution in [2.75, 3.05) is 25.5 Å². The van der Waals surface area contributed by atoms with Crippen LogP contribution in [0.1, 0.15) is 22.2 Å². The van der Waals surface area contributed by atoms with E-state index in [0.29, 0.717) is 22.7 Å². The number of benzene rings is 2. The van der Waals surface area contributed by atoms with Gasteiger partial charge in [-0.15, -0.1) is 15.7 Å². The molecule has 0 spiro atoms. The number of hydrogen-bond acceptors (Lipinski definition) is 7. The lowest BCUT2D eigenvalue weighted by Gasteiger charge is -2.18. The molecule has 2 heterocycles. The number of anilines is 1. The van der Waals surface area contributed by atoms with Gasteiger partial charge in [0.25, 0.3) is 10.0 Å². The molecular weight excluding hydrogens is 438 g/mol. The Morgan fingerprint density at radius 3 is 2.71 bits per heavy atom. The largest absolute Gasteiger partial charge is 0.462 e. The molecule has 10 heteroatoms. The third-order valence-corrected chi connectivity index (χ3v) is 7.05. The van der Waals surface area contributed by atoms with Crippen molar-refractivity contribution in [3.05, 3.63) is 59.0 Å². The van der Waals surface area contributed by atoms with E-state index in [4.69, 9.17) is 4.74 Å². The lowest BCUT2D eigenvalue weighted by atomic mass is 10.2. The molecule has 1 amide bonds. The highest BCUT2D eigenvalue weighted by Gasteiger charge is 2.30. The first-order valence-corrected chi connectivity index (χ1v) is 11.7. The van der Waals surface area contributed by atoms with Gasteiger partial charge in [-0.1, -0.05) is 12.1 Å². The molecule has 1 aliphatic heterocycles. The predicted molar refractivity (Wildman–Crippen MR) is 119 cm³/mol. The number of hydrogen-bond donors (Lipinski definition) is 1. The summed E-state index contributed by atoms with van der Waals surface area (Å²) >= 11 is 1.33. The number of amidine groups is 1. The van der Waals surface area contributed by atoms with E-state index >= 15 is 0 Å². The molecule has 3 aromatic rings. The summed E-state index contributed by atoms with van der Waals surface area (Å²) in [5.74, 6) is -0.464. The highest BCUT2D eigenvalue weighted by Crippen LogP contribution is 2.29. The van der Waals surface area contributed by atoms with Gasteiger partial charge in [-0.25, -0.2) is 4.79 Å². The van der Waals surface area contributed by atoms with E-state index in [-0.39, 0.29) is 29.2 Å². The molecule has 2 aromatic carbocycles. The number of rotatable bonds is 5. The highest BCUT2D eigenvalue weighted by molar-refractivity contribution is 7.90. The zero-order chi connectivity index (χ0) is 22.2. The molecular formula is C21H19N3O5S2. The van der Waals surface area contributed by atoms with Gasteiger partial charge < -0.3 is 15.0 Å². The van der Waals surface area contributed by atoms with Gasteiger partial charge in [-0.3, -0.25) is 4.79 Å². The summed E-state index contributed by atoms with van der Waals surface area (Å²) in [6.45, 7) is 1.97. The third-order valence-electron chi connectivity index (χ3n) is 4.63. The summed E-state index contributed by atoms with van der Waals surface area (Å²) in [7, 11) is -2.13. The molecule has 0 atom stereocenters. The van der Waals surface area contributed by atoms with E-state index in [0.717, 1.165) is 10.1 Å². The van der Waals surface area contributed by atoms with Crippen molar-refractivity contribution >= 4 is 54.8 Å². The molecule has 0 bridgehead atoms. The Labute approximate surface area is 183 Å². The van der Waals surface area contributed by atoms with Crippen LogP contribution in [-0.2, 0) is 19.6 Å². The number of likely N-dealkylation sites (N-methyl/N-ethyl adjacent to an activating group) is 1. The summed E-state index contributed by atoms with van der Waals surface area (Å²) in [6.07, 6.45) is 0. The van der Waals surface area contributed by atoms with Crippen molar-refractivity contribution in [1.29, 1.82) is 0 Å². The molecule has 31 heavy (non-hydrogen) atoms. The topological polar surface area (TPSA) is 105 Å². The van der Waals surface area contributed by atoms with Crippen molar-refractivity contribution in [2.45, 2.75) is 11.8 Å². The molecule has 1 N–H and O–H groups in total. The van der Waals surface area contributed by atoms with Gasteiger partial charge in [0.1, 0.15) is 9.77 Å². The zero-order valence-electron chi connectivity index (χ0n) is 16.8. The molecule has 1 aliphatic rings. The lowest BCUT2D eigenvalue weighted by molar-refractivity contribution is -0.116. The second-order valence-corrected chi connectivity index (χ2v) is 9.53. The summed E-state index contributed by atoms with van der Waals surface area (Å²) in [5, 5.41) is 3.62. The Morgan fingerprint density at radius 2 is 1.94 bits per heavy atom. The van der Waals surface area contributed by atoms with E-state index in [1.807, 2.05) is 6.07 Å². The van der Waals surface area contributed by atoms with Crippen LogP contribution in [0.15, 0.2) is 57.8 Å². The van der Waals surface area contributed by atoms with Gasteiger partial charge in [0.05, 0.1) is 13.2 Å². The first kappa shape index (κ1) is 21.0. The van der Waals surface area contributed by atoms with Crippen LogP contribution in [0, 0.1) is 0 Å². The van der Waals surface area contributed by atoms with Crippen LogP contribution < -0.4 is 5.32 Å². The van der Waals surface area contributed by atoms with Crippen LogP contribution in [-0.4, -0.2) is 51.2 Å². The van der Waals surface area contributed by atoms with Gasteiger partial charge in [0.2, 0.25) is 5.91 Å². The number of esters is 1. The fourth-order valence-corrected chi connectivity index (χ4v) is 5.47. The fraction of sp³-hybridized carbons (Fsp3) is 0.190. The molecule has 0 unspecified atom stereocenters. The van der Waals surface area contributed by atoms with E-state index in [1.54, 1.807) is 50.4 Å². The van der Waals surface area contributed by atoms with Crippen molar-refractivity contribution in [1.82, 2.24) is 4.90 Å². The zero-order valence-corrected chi connectivity index (χ0v) is 18.4. The van der Waals surface area contributed by atoms with Crippen LogP contribution in [0.25, 0.3) is 10.1 Å². The fourth-order valence-electron chi connectivity index (χ4n) is 3.28. The van der Waals surface area contributed by atoms with Gasteiger partial charge in [0, 0.05) is 23.0 Å². The van der Waals surface area contributed by atoms with Crippen molar-refractivity contribution in [2.24, 2.45) is 4.40 Å². The Morgan fingerprint density at radius 1 is 1.16 bits per heavy atom. The Hall–Kier alpha value is -3.24. The first-order valence-electron chi connectivity index (χ1n) is 9.44. The van der Waals surface area contributed by atoms with Gasteiger partial charge in [-0.2, -0.15) is 8.42 Å². The smallest absolute Gasteiger partial charge is 0.348 e. The quantitative estimate of drug-likeness (QED) is 0.591. The van der Waals surface area contributed by atoms with Crippen molar-refractivity contribution in [3.8, 4) is 0 Å². The average Bonchev–Trinajstić information content (AvgIpc) is 3.27. The molecule has 0 radical (unpaired) electrons. The Kier molecular flexibility index (Phi) is 5.50. The molecule has 0 saturated carbocycles. The number of fused-ring (bicyclic) bond motifs is 2. The average molecular weight is 458 g/mol. The number of amides is 1. The second kappa shape index (κ2) is 8.12. The number of ether oxygens (including phenoxy) is 1. The molecule has 4 rings (SSSR count). The van der Waals surface area contributed by atoms with Gasteiger partial charge >= 0.3 is 5.97 Å². The standard InChI is InChI=1S/C21H19N3O5S2/c1-3-29-21(26)17-11-13-10-14(8-9-16(13)30-17)22-19(25)12-24(2)20-15-6-4-5-7-18(15)31(27,28)23-20/h4-11H,3,12H2,1-2H3,(H,22,25). The minimum absolute atomic E-state index is 0.0849. The maximum Gasteiger partial charge on any atom is 0.348 e. The van der Waals surface area contributed by atoms with Gasteiger partial charge in [-0.05, 0) is 48.7 Å². The normalized spacial score (nSPS) is 14.1.